The Kier molecular flexibility index (Phi) is 13.7. The quantitative estimate of drug-likeness (QED) is 0.203. The van der Waals surface area contributed by atoms with Gasteiger partial charge in [0.05, 0.1) is 5.92 Å². The van der Waals surface area contributed by atoms with E-state index in [-0.39, 0.29) is 42.3 Å². The highest BCUT2D eigenvalue weighted by atomic mass is 32.1. The smallest absolute Gasteiger partial charge is 0.306 e. The number of nitrogens with zero attached hydrogens (tertiary/aromatic N) is 2. The summed E-state index contributed by atoms with van der Waals surface area (Å²) in [6, 6.07) is 8.83. The molecule has 228 valence electrons. The molecule has 0 saturated heterocycles. The fraction of sp³-hybridized carbons (Fsp3) is 0.531. The van der Waals surface area contributed by atoms with E-state index >= 15 is 0 Å². The number of hydrogen-bond acceptors (Lipinski definition) is 7. The summed E-state index contributed by atoms with van der Waals surface area (Å²) >= 11 is 1.20. The van der Waals surface area contributed by atoms with E-state index in [0.29, 0.717) is 24.3 Å². The minimum Gasteiger partial charge on any atom is -0.481 e. The Bertz CT molecular complexity index is 1240. The lowest BCUT2D eigenvalue weighted by Gasteiger charge is -2.34. The molecule has 1 unspecified atom stereocenters. The minimum atomic E-state index is -0.935. The molecule has 0 bridgehead atoms. The normalized spacial score (nSPS) is 14.6. The molecule has 1 heterocycles. The van der Waals surface area contributed by atoms with Crippen molar-refractivity contribution in [3.63, 3.8) is 0 Å². The molecule has 2 aromatic rings. The van der Waals surface area contributed by atoms with Gasteiger partial charge in [0.25, 0.3) is 5.91 Å². The van der Waals surface area contributed by atoms with Gasteiger partial charge in [0.1, 0.15) is 10.7 Å². The average Bonchev–Trinajstić information content (AvgIpc) is 3.44. The van der Waals surface area contributed by atoms with Crippen molar-refractivity contribution < 1.29 is 29.0 Å². The van der Waals surface area contributed by atoms with Gasteiger partial charge in [-0.3, -0.25) is 19.2 Å². The van der Waals surface area contributed by atoms with E-state index in [1.165, 1.54) is 18.3 Å². The zero-order chi connectivity index (χ0) is 31.4. The van der Waals surface area contributed by atoms with Crippen LogP contribution in [0.5, 0.6) is 0 Å². The summed E-state index contributed by atoms with van der Waals surface area (Å²) in [6.07, 6.45) is 6.75. The van der Waals surface area contributed by atoms with Gasteiger partial charge in [-0.1, -0.05) is 58.0 Å². The first-order valence-corrected chi connectivity index (χ1v) is 15.2. The first kappa shape index (κ1) is 34.5. The Morgan fingerprint density at radius 1 is 1.14 bits per heavy atom. The number of carboxylic acids is 1. The molecule has 2 amide bonds. The molecule has 0 fully saturated rings. The van der Waals surface area contributed by atoms with Crippen LogP contribution in [-0.4, -0.2) is 57.9 Å². The highest BCUT2D eigenvalue weighted by molar-refractivity contribution is 7.09. The molecule has 0 aliphatic heterocycles. The van der Waals surface area contributed by atoms with Crippen LogP contribution in [0.1, 0.15) is 87.5 Å². The molecule has 0 aliphatic carbocycles. The van der Waals surface area contributed by atoms with Crippen LogP contribution >= 0.6 is 11.3 Å². The number of aromatic nitrogens is 1. The maximum absolute atomic E-state index is 13.3. The van der Waals surface area contributed by atoms with Crippen LogP contribution in [0.25, 0.3) is 0 Å². The van der Waals surface area contributed by atoms with E-state index in [2.05, 4.69) is 16.2 Å². The first-order valence-electron chi connectivity index (χ1n) is 14.3. The summed E-state index contributed by atoms with van der Waals surface area (Å²) in [5.74, 6) is -0.0578. The fourth-order valence-electron chi connectivity index (χ4n) is 4.78. The number of nitrogens with one attached hydrogen (secondary N) is 1. The number of carbonyl (C=O) groups is 4. The standard InChI is InChI=1S/C32H43N3O6S/c1-8-23(9-2)17-29(37)35(7)27(20(3)4)18-28(41-22(6)36)31-34-26(19-42-31)30(38)33-25(15-21(5)32(39)40)16-24-13-11-10-12-14-24/h1,10-14,19-21,23,25,27-28H,9,15-18H2,2-7H3,(H,33,38)(H,39,40)/t21-,23-,25+,27+,28?/m0/s1. The number of esters is 1. The lowest BCUT2D eigenvalue weighted by atomic mass is 9.95. The summed E-state index contributed by atoms with van der Waals surface area (Å²) in [6.45, 7) is 8.84. The molecule has 1 aromatic carbocycles. The number of hydrogen-bond donors (Lipinski definition) is 2. The molecular formula is C32H43N3O6S. The zero-order valence-corrected chi connectivity index (χ0v) is 26.1. The highest BCUT2D eigenvalue weighted by Gasteiger charge is 2.31. The van der Waals surface area contributed by atoms with Crippen LogP contribution in [0.4, 0.5) is 0 Å². The number of carbonyl (C=O) groups excluding carboxylic acids is 3. The van der Waals surface area contributed by atoms with Gasteiger partial charge in [-0.05, 0) is 30.7 Å². The largest absolute Gasteiger partial charge is 0.481 e. The number of benzene rings is 1. The number of amides is 2. The van der Waals surface area contributed by atoms with Gasteiger partial charge in [0.15, 0.2) is 6.10 Å². The van der Waals surface area contributed by atoms with Crippen molar-refractivity contribution in [1.29, 1.82) is 0 Å². The van der Waals surface area contributed by atoms with Crippen molar-refractivity contribution in [2.75, 3.05) is 7.05 Å². The lowest BCUT2D eigenvalue weighted by Crippen LogP contribution is -2.42. The number of carboxylic acid groups (broad SMARTS) is 1. The molecule has 5 atom stereocenters. The molecule has 1 aromatic heterocycles. The van der Waals surface area contributed by atoms with Gasteiger partial charge in [-0.15, -0.1) is 23.7 Å². The highest BCUT2D eigenvalue weighted by Crippen LogP contribution is 2.31. The summed E-state index contributed by atoms with van der Waals surface area (Å²) in [5.41, 5.74) is 1.12. The van der Waals surface area contributed by atoms with E-state index in [4.69, 9.17) is 11.2 Å². The van der Waals surface area contributed by atoms with E-state index in [0.717, 1.165) is 5.56 Å². The predicted molar refractivity (Wildman–Crippen MR) is 163 cm³/mol. The Hall–Kier alpha value is -3.71. The Morgan fingerprint density at radius 3 is 2.36 bits per heavy atom. The van der Waals surface area contributed by atoms with Gasteiger partial charge in [0, 0.05) is 50.2 Å². The van der Waals surface area contributed by atoms with Crippen LogP contribution in [0.2, 0.25) is 0 Å². The molecule has 42 heavy (non-hydrogen) atoms. The second-order valence-electron chi connectivity index (χ2n) is 11.0. The molecule has 2 N–H and O–H groups in total. The van der Waals surface area contributed by atoms with Crippen molar-refractivity contribution in [2.45, 2.75) is 84.9 Å². The Balaban J connectivity index is 2.25. The zero-order valence-electron chi connectivity index (χ0n) is 25.3. The molecule has 0 aliphatic rings. The van der Waals surface area contributed by atoms with Crippen LogP contribution in [0, 0.1) is 30.1 Å². The second kappa shape index (κ2) is 16.7. The average molecular weight is 598 g/mol. The number of thiazole rings is 1. The number of terminal acetylenes is 1. The van der Waals surface area contributed by atoms with Crippen molar-refractivity contribution in [2.24, 2.45) is 17.8 Å². The third-order valence-corrected chi connectivity index (χ3v) is 8.26. The first-order chi connectivity index (χ1) is 19.9. The molecule has 2 rings (SSSR count). The SMILES string of the molecule is C#C[C@@H](CC)CC(=O)N(C)[C@H](CC(OC(C)=O)c1nc(C(=O)N[C@@H](Cc2ccccc2)C[C@H](C)C(=O)O)cs1)C(C)C. The van der Waals surface area contributed by atoms with E-state index in [9.17, 15) is 24.3 Å². The third kappa shape index (κ3) is 10.6. The van der Waals surface area contributed by atoms with Gasteiger partial charge in [-0.2, -0.15) is 0 Å². The summed E-state index contributed by atoms with van der Waals surface area (Å²) in [7, 11) is 1.73. The molecular weight excluding hydrogens is 554 g/mol. The van der Waals surface area contributed by atoms with Gasteiger partial charge < -0.3 is 20.1 Å². The van der Waals surface area contributed by atoms with Crippen LogP contribution in [0.15, 0.2) is 35.7 Å². The molecule has 0 saturated carbocycles. The molecule has 0 radical (unpaired) electrons. The monoisotopic (exact) mass is 597 g/mol. The van der Waals surface area contributed by atoms with E-state index in [1.807, 2.05) is 51.1 Å². The molecule has 9 nitrogen and oxygen atoms in total. The molecule has 0 spiro atoms. The lowest BCUT2D eigenvalue weighted by molar-refractivity contribution is -0.148. The number of aliphatic carboxylic acids is 1. The third-order valence-electron chi connectivity index (χ3n) is 7.32. The van der Waals surface area contributed by atoms with Gasteiger partial charge in [0.2, 0.25) is 5.91 Å². The van der Waals surface area contributed by atoms with Crippen molar-refractivity contribution >= 4 is 35.1 Å². The molecule has 10 heteroatoms. The van der Waals surface area contributed by atoms with Crippen molar-refractivity contribution in [3.05, 3.63) is 52.0 Å². The maximum atomic E-state index is 13.3. The minimum absolute atomic E-state index is 0.0422. The van der Waals surface area contributed by atoms with E-state index in [1.54, 1.807) is 24.3 Å². The van der Waals surface area contributed by atoms with Crippen LogP contribution in [0.3, 0.4) is 0 Å². The van der Waals surface area contributed by atoms with Gasteiger partial charge in [-0.25, -0.2) is 4.98 Å². The summed E-state index contributed by atoms with van der Waals surface area (Å²) in [4.78, 5) is 56.0. The summed E-state index contributed by atoms with van der Waals surface area (Å²) in [5, 5.41) is 14.4. The van der Waals surface area contributed by atoms with Crippen LogP contribution in [-0.2, 0) is 25.5 Å². The second-order valence-corrected chi connectivity index (χ2v) is 11.9. The van der Waals surface area contributed by atoms with Crippen molar-refractivity contribution in [1.82, 2.24) is 15.2 Å². The van der Waals surface area contributed by atoms with Gasteiger partial charge >= 0.3 is 11.9 Å². The topological polar surface area (TPSA) is 126 Å². The maximum Gasteiger partial charge on any atom is 0.306 e. The van der Waals surface area contributed by atoms with E-state index < -0.39 is 35.9 Å². The van der Waals surface area contributed by atoms with Crippen molar-refractivity contribution in [3.8, 4) is 12.3 Å². The van der Waals surface area contributed by atoms with Crippen LogP contribution < -0.4 is 5.32 Å². The summed E-state index contributed by atoms with van der Waals surface area (Å²) < 4.78 is 5.64. The predicted octanol–water partition coefficient (Wildman–Crippen LogP) is 5.12. The number of ether oxygens (including phenoxy) is 1. The fourth-order valence-corrected chi connectivity index (χ4v) is 5.62. The Labute approximate surface area is 253 Å². The Morgan fingerprint density at radius 2 is 1.81 bits per heavy atom. The number of rotatable bonds is 16.